The number of furan rings is 1. The van der Waals surface area contributed by atoms with Gasteiger partial charge in [0.2, 0.25) is 0 Å². The molecule has 2 heterocycles. The van der Waals surface area contributed by atoms with Gasteiger partial charge in [0.15, 0.2) is 5.76 Å². The zero-order valence-electron chi connectivity index (χ0n) is 11.6. The Labute approximate surface area is 113 Å². The van der Waals surface area contributed by atoms with Gasteiger partial charge in [0.25, 0.3) is 5.91 Å². The number of ether oxygens (including phenoxy) is 1. The van der Waals surface area contributed by atoms with Crippen molar-refractivity contribution in [1.29, 1.82) is 0 Å². The van der Waals surface area contributed by atoms with Crippen molar-refractivity contribution in [3.63, 3.8) is 0 Å². The third-order valence-electron chi connectivity index (χ3n) is 4.72. The zero-order chi connectivity index (χ0) is 13.5. The lowest BCUT2D eigenvalue weighted by molar-refractivity contribution is -0.0842. The summed E-state index contributed by atoms with van der Waals surface area (Å²) in [4.78, 5) is 14.2. The van der Waals surface area contributed by atoms with Crippen LogP contribution in [0.4, 0.5) is 0 Å². The first-order valence-electron chi connectivity index (χ1n) is 7.00. The highest BCUT2D eigenvalue weighted by atomic mass is 16.5. The molecule has 1 aromatic heterocycles. The third-order valence-corrected chi connectivity index (χ3v) is 4.72. The first kappa shape index (κ1) is 12.7. The Bertz CT molecular complexity index is 463. The number of hydrogen-bond donors (Lipinski definition) is 0. The van der Waals surface area contributed by atoms with E-state index in [9.17, 15) is 4.79 Å². The first-order valence-corrected chi connectivity index (χ1v) is 7.00. The van der Waals surface area contributed by atoms with Crippen LogP contribution in [0.15, 0.2) is 16.5 Å². The molecule has 1 aromatic rings. The molecular formula is C15H21NO3. The van der Waals surface area contributed by atoms with Gasteiger partial charge >= 0.3 is 0 Å². The number of aryl methyl sites for hydroxylation is 1. The maximum atomic E-state index is 12.3. The first-order chi connectivity index (χ1) is 9.12. The van der Waals surface area contributed by atoms with Crippen molar-refractivity contribution in [2.75, 3.05) is 20.2 Å². The molecule has 0 aromatic carbocycles. The standard InChI is InChI=1S/C15H21NO3/c1-11-3-4-13(19-11)14(17)16-7-5-15(6-8-16)9-12(10-15)18-2/h3-4,12H,5-10H2,1-2H3. The highest BCUT2D eigenvalue weighted by molar-refractivity contribution is 5.91. The predicted octanol–water partition coefficient (Wildman–Crippen LogP) is 2.62. The quantitative estimate of drug-likeness (QED) is 0.823. The molecule has 2 aliphatic rings. The fourth-order valence-electron chi connectivity index (χ4n) is 3.37. The minimum Gasteiger partial charge on any atom is -0.456 e. The van der Waals surface area contributed by atoms with E-state index in [1.165, 1.54) is 0 Å². The second kappa shape index (κ2) is 4.67. The van der Waals surface area contributed by atoms with Crippen LogP contribution in [0.2, 0.25) is 0 Å². The molecule has 1 aliphatic carbocycles. The lowest BCUT2D eigenvalue weighted by Crippen LogP contribution is -2.50. The molecule has 0 unspecified atom stereocenters. The van der Waals surface area contributed by atoms with Crippen molar-refractivity contribution in [1.82, 2.24) is 4.90 Å². The number of rotatable bonds is 2. The molecule has 1 saturated carbocycles. The van der Waals surface area contributed by atoms with Crippen molar-refractivity contribution in [2.45, 2.75) is 38.7 Å². The highest BCUT2D eigenvalue weighted by Gasteiger charge is 2.46. The van der Waals surface area contributed by atoms with Crippen molar-refractivity contribution in [2.24, 2.45) is 5.41 Å². The van der Waals surface area contributed by atoms with E-state index in [0.29, 0.717) is 17.3 Å². The van der Waals surface area contributed by atoms with Crippen LogP contribution >= 0.6 is 0 Å². The van der Waals surface area contributed by atoms with E-state index in [-0.39, 0.29) is 5.91 Å². The van der Waals surface area contributed by atoms with Crippen LogP contribution < -0.4 is 0 Å². The van der Waals surface area contributed by atoms with Gasteiger partial charge < -0.3 is 14.1 Å². The smallest absolute Gasteiger partial charge is 0.289 e. The minimum absolute atomic E-state index is 0.0329. The van der Waals surface area contributed by atoms with Crippen molar-refractivity contribution in [3.8, 4) is 0 Å². The van der Waals surface area contributed by atoms with Gasteiger partial charge in [-0.05, 0) is 50.2 Å². The van der Waals surface area contributed by atoms with E-state index < -0.39 is 0 Å². The average molecular weight is 263 g/mol. The highest BCUT2D eigenvalue weighted by Crippen LogP contribution is 2.50. The fraction of sp³-hybridized carbons (Fsp3) is 0.667. The Hall–Kier alpha value is -1.29. The number of carbonyl (C=O) groups excluding carboxylic acids is 1. The molecule has 1 saturated heterocycles. The summed E-state index contributed by atoms with van der Waals surface area (Å²) in [5, 5.41) is 0. The second-order valence-corrected chi connectivity index (χ2v) is 5.97. The van der Waals surface area contributed by atoms with Crippen LogP contribution in [0.1, 0.15) is 42.0 Å². The zero-order valence-corrected chi connectivity index (χ0v) is 11.6. The normalized spacial score (nSPS) is 22.5. The SMILES string of the molecule is COC1CC2(CCN(C(=O)c3ccc(C)o3)CC2)C1. The third kappa shape index (κ3) is 2.29. The van der Waals surface area contributed by atoms with Crippen LogP contribution in [0.3, 0.4) is 0 Å². The maximum Gasteiger partial charge on any atom is 0.289 e. The van der Waals surface area contributed by atoms with Crippen molar-refractivity contribution in [3.05, 3.63) is 23.7 Å². The van der Waals surface area contributed by atoms with E-state index in [1.807, 2.05) is 17.9 Å². The van der Waals surface area contributed by atoms with Crippen LogP contribution in [0.25, 0.3) is 0 Å². The number of nitrogens with zero attached hydrogens (tertiary/aromatic N) is 1. The van der Waals surface area contributed by atoms with Gasteiger partial charge in [-0.1, -0.05) is 0 Å². The molecule has 2 fully saturated rings. The molecule has 4 heteroatoms. The Morgan fingerprint density at radius 3 is 2.58 bits per heavy atom. The van der Waals surface area contributed by atoms with Gasteiger partial charge in [-0.2, -0.15) is 0 Å². The molecule has 0 radical (unpaired) electrons. The number of methoxy groups -OCH3 is 1. The number of likely N-dealkylation sites (tertiary alicyclic amines) is 1. The summed E-state index contributed by atoms with van der Waals surface area (Å²) >= 11 is 0. The molecule has 1 amide bonds. The Balaban J connectivity index is 1.57. The molecule has 104 valence electrons. The maximum absolute atomic E-state index is 12.3. The number of hydrogen-bond acceptors (Lipinski definition) is 3. The van der Waals surface area contributed by atoms with E-state index in [2.05, 4.69) is 0 Å². The summed E-state index contributed by atoms with van der Waals surface area (Å²) in [6.45, 7) is 3.55. The molecule has 0 atom stereocenters. The molecule has 19 heavy (non-hydrogen) atoms. The lowest BCUT2D eigenvalue weighted by Gasteiger charge is -2.51. The molecular weight excluding hydrogens is 242 g/mol. The van der Waals surface area contributed by atoms with Gasteiger partial charge in [-0.15, -0.1) is 0 Å². The summed E-state index contributed by atoms with van der Waals surface area (Å²) in [5.74, 6) is 1.29. The van der Waals surface area contributed by atoms with Gasteiger partial charge in [-0.25, -0.2) is 0 Å². The van der Waals surface area contributed by atoms with Crippen LogP contribution in [0, 0.1) is 12.3 Å². The van der Waals surface area contributed by atoms with E-state index in [1.54, 1.807) is 13.2 Å². The number of piperidine rings is 1. The molecule has 4 nitrogen and oxygen atoms in total. The molecule has 1 aliphatic heterocycles. The van der Waals surface area contributed by atoms with Gasteiger partial charge in [-0.3, -0.25) is 4.79 Å². The van der Waals surface area contributed by atoms with Crippen molar-refractivity contribution >= 4 is 5.91 Å². The minimum atomic E-state index is 0.0329. The van der Waals surface area contributed by atoms with E-state index in [0.717, 1.165) is 44.5 Å². The fourth-order valence-corrected chi connectivity index (χ4v) is 3.37. The molecule has 1 spiro atoms. The number of amides is 1. The molecule has 0 N–H and O–H groups in total. The number of carbonyl (C=O) groups is 1. The summed E-state index contributed by atoms with van der Waals surface area (Å²) < 4.78 is 10.8. The molecule has 0 bridgehead atoms. The van der Waals surface area contributed by atoms with Crippen LogP contribution in [0.5, 0.6) is 0 Å². The lowest BCUT2D eigenvalue weighted by atomic mass is 9.61. The van der Waals surface area contributed by atoms with Crippen LogP contribution in [-0.2, 0) is 4.74 Å². The van der Waals surface area contributed by atoms with Gasteiger partial charge in [0, 0.05) is 20.2 Å². The Morgan fingerprint density at radius 1 is 1.37 bits per heavy atom. The van der Waals surface area contributed by atoms with Gasteiger partial charge in [0.05, 0.1) is 6.10 Å². The molecule has 3 rings (SSSR count). The summed E-state index contributed by atoms with van der Waals surface area (Å²) in [7, 11) is 1.79. The Morgan fingerprint density at radius 2 is 2.05 bits per heavy atom. The van der Waals surface area contributed by atoms with Gasteiger partial charge in [0.1, 0.15) is 5.76 Å². The van der Waals surface area contributed by atoms with E-state index >= 15 is 0 Å². The summed E-state index contributed by atoms with van der Waals surface area (Å²) in [5.41, 5.74) is 0.441. The monoisotopic (exact) mass is 263 g/mol. The average Bonchev–Trinajstić information content (AvgIpc) is 2.82. The topological polar surface area (TPSA) is 42.7 Å². The van der Waals surface area contributed by atoms with Crippen LogP contribution in [-0.4, -0.2) is 37.1 Å². The predicted molar refractivity (Wildman–Crippen MR) is 71.0 cm³/mol. The Kier molecular flexibility index (Phi) is 3.13. The van der Waals surface area contributed by atoms with E-state index in [4.69, 9.17) is 9.15 Å². The van der Waals surface area contributed by atoms with Crippen molar-refractivity contribution < 1.29 is 13.9 Å². The second-order valence-electron chi connectivity index (χ2n) is 5.97. The largest absolute Gasteiger partial charge is 0.456 e. The summed E-state index contributed by atoms with van der Waals surface area (Å²) in [6.07, 6.45) is 4.95. The summed E-state index contributed by atoms with van der Waals surface area (Å²) in [6, 6.07) is 3.61.